The van der Waals surface area contributed by atoms with E-state index in [1.165, 1.54) is 19.2 Å². The molecule has 0 amide bonds. The molecule has 1 rings (SSSR count). The maximum Gasteiger partial charge on any atom is 0.179 e. The minimum atomic E-state index is -1.20. The van der Waals surface area contributed by atoms with Gasteiger partial charge < -0.3 is 20.5 Å². The third kappa shape index (κ3) is 5.96. The first kappa shape index (κ1) is 19.1. The van der Waals surface area contributed by atoms with Crippen LogP contribution in [-0.2, 0) is 9.47 Å². The van der Waals surface area contributed by atoms with Crippen LogP contribution in [0.3, 0.4) is 0 Å². The molecular formula is C16H21F3N2O2. The Labute approximate surface area is 133 Å². The lowest BCUT2D eigenvalue weighted by Crippen LogP contribution is -2.17. The van der Waals surface area contributed by atoms with E-state index in [0.717, 1.165) is 6.92 Å². The van der Waals surface area contributed by atoms with Gasteiger partial charge in [0.1, 0.15) is 11.6 Å². The highest BCUT2D eigenvalue weighted by Crippen LogP contribution is 2.24. The van der Waals surface area contributed by atoms with Crippen molar-refractivity contribution in [2.24, 2.45) is 5.73 Å². The van der Waals surface area contributed by atoms with Gasteiger partial charge in [-0.1, -0.05) is 6.07 Å². The highest BCUT2D eigenvalue weighted by atomic mass is 19.2. The average Bonchev–Trinajstić information content (AvgIpc) is 2.50. The lowest BCUT2D eigenvalue weighted by atomic mass is 10.2. The standard InChI is InChI=1S/C16H21F3N2O2/c1-10-4-5-14(12(18)8-10)21-16(15(19)11(2)17)13(20)9-23-7-6-22-3/h4-5,8,21H,6-7,9,20H2,1-3H3/b15-11-,16-13-. The van der Waals surface area contributed by atoms with Gasteiger partial charge in [0.25, 0.3) is 0 Å². The van der Waals surface area contributed by atoms with E-state index in [2.05, 4.69) is 5.32 Å². The van der Waals surface area contributed by atoms with Crippen molar-refractivity contribution >= 4 is 5.69 Å². The van der Waals surface area contributed by atoms with Crippen LogP contribution in [-0.4, -0.2) is 26.9 Å². The second-order valence-electron chi connectivity index (χ2n) is 4.90. The van der Waals surface area contributed by atoms with Crippen molar-refractivity contribution in [3.8, 4) is 0 Å². The van der Waals surface area contributed by atoms with E-state index >= 15 is 0 Å². The molecule has 0 bridgehead atoms. The van der Waals surface area contributed by atoms with E-state index in [1.54, 1.807) is 13.0 Å². The van der Waals surface area contributed by atoms with E-state index < -0.39 is 17.5 Å². The molecule has 0 heterocycles. The number of anilines is 1. The fourth-order valence-electron chi connectivity index (χ4n) is 1.70. The fraction of sp³-hybridized carbons (Fsp3) is 0.375. The zero-order valence-electron chi connectivity index (χ0n) is 13.4. The van der Waals surface area contributed by atoms with E-state index in [9.17, 15) is 13.2 Å². The number of aryl methyl sites for hydroxylation is 1. The molecule has 0 saturated carbocycles. The number of hydrogen-bond donors (Lipinski definition) is 2. The van der Waals surface area contributed by atoms with E-state index in [-0.39, 0.29) is 30.3 Å². The molecule has 128 valence electrons. The molecule has 23 heavy (non-hydrogen) atoms. The number of rotatable bonds is 8. The van der Waals surface area contributed by atoms with Crippen LogP contribution in [0.2, 0.25) is 0 Å². The van der Waals surface area contributed by atoms with Gasteiger partial charge in [-0.2, -0.15) is 0 Å². The Hall–Kier alpha value is -1.99. The molecule has 3 N–H and O–H groups in total. The Kier molecular flexibility index (Phi) is 7.64. The van der Waals surface area contributed by atoms with Crippen LogP contribution in [0, 0.1) is 12.7 Å². The van der Waals surface area contributed by atoms with E-state index in [0.29, 0.717) is 12.2 Å². The van der Waals surface area contributed by atoms with Gasteiger partial charge in [-0.05, 0) is 31.5 Å². The summed E-state index contributed by atoms with van der Waals surface area (Å²) < 4.78 is 51.1. The lowest BCUT2D eigenvalue weighted by molar-refractivity contribution is 0.0816. The number of nitrogens with one attached hydrogen (secondary N) is 1. The SMILES string of the molecule is COCCOC/C(N)=C(Nc1ccc(C)cc1F)\C(F)=C(/C)F. The van der Waals surface area contributed by atoms with Crippen LogP contribution in [0.5, 0.6) is 0 Å². The molecule has 0 aliphatic carbocycles. The molecular weight excluding hydrogens is 309 g/mol. The summed E-state index contributed by atoms with van der Waals surface area (Å²) in [6.45, 7) is 3.08. The summed E-state index contributed by atoms with van der Waals surface area (Å²) in [7, 11) is 1.50. The molecule has 0 aliphatic rings. The maximum absolute atomic E-state index is 14.0. The summed E-state index contributed by atoms with van der Waals surface area (Å²) >= 11 is 0. The zero-order valence-corrected chi connectivity index (χ0v) is 13.4. The minimum absolute atomic E-state index is 0.0122. The van der Waals surface area contributed by atoms with Crippen molar-refractivity contribution in [2.75, 3.05) is 32.2 Å². The largest absolute Gasteiger partial charge is 0.398 e. The molecule has 0 atom stereocenters. The van der Waals surface area contributed by atoms with Gasteiger partial charge in [-0.25, -0.2) is 13.2 Å². The molecule has 0 saturated heterocycles. The van der Waals surface area contributed by atoms with Gasteiger partial charge in [0.15, 0.2) is 5.83 Å². The summed E-state index contributed by atoms with van der Waals surface area (Å²) in [6, 6.07) is 4.33. The van der Waals surface area contributed by atoms with Crippen LogP contribution in [0.25, 0.3) is 0 Å². The van der Waals surface area contributed by atoms with Crippen LogP contribution >= 0.6 is 0 Å². The molecule has 1 aromatic rings. The zero-order chi connectivity index (χ0) is 17.4. The Morgan fingerprint density at radius 2 is 1.96 bits per heavy atom. The monoisotopic (exact) mass is 330 g/mol. The van der Waals surface area contributed by atoms with Gasteiger partial charge in [0.05, 0.1) is 36.9 Å². The fourth-order valence-corrected chi connectivity index (χ4v) is 1.70. The Balaban J connectivity index is 3.03. The number of nitrogens with two attached hydrogens (primary N) is 1. The Morgan fingerprint density at radius 3 is 2.52 bits per heavy atom. The molecule has 0 spiro atoms. The van der Waals surface area contributed by atoms with Gasteiger partial charge in [0, 0.05) is 7.11 Å². The smallest absolute Gasteiger partial charge is 0.179 e. The average molecular weight is 330 g/mol. The van der Waals surface area contributed by atoms with Crippen molar-refractivity contribution < 1.29 is 22.6 Å². The molecule has 7 heteroatoms. The number of benzene rings is 1. The lowest BCUT2D eigenvalue weighted by Gasteiger charge is -2.15. The number of allylic oxidation sites excluding steroid dienone is 2. The predicted octanol–water partition coefficient (Wildman–Crippen LogP) is 3.55. The van der Waals surface area contributed by atoms with Gasteiger partial charge in [-0.3, -0.25) is 0 Å². The Morgan fingerprint density at radius 1 is 1.26 bits per heavy atom. The van der Waals surface area contributed by atoms with Crippen LogP contribution in [0.15, 0.2) is 41.2 Å². The van der Waals surface area contributed by atoms with E-state index in [1.807, 2.05) is 0 Å². The van der Waals surface area contributed by atoms with Crippen molar-refractivity contribution in [2.45, 2.75) is 13.8 Å². The van der Waals surface area contributed by atoms with Gasteiger partial charge >= 0.3 is 0 Å². The molecule has 4 nitrogen and oxygen atoms in total. The molecule has 0 radical (unpaired) electrons. The summed E-state index contributed by atoms with van der Waals surface area (Å²) in [5.41, 5.74) is 6.00. The molecule has 0 fully saturated rings. The summed E-state index contributed by atoms with van der Waals surface area (Å²) in [5, 5.41) is 2.49. The summed E-state index contributed by atoms with van der Waals surface area (Å²) in [6.07, 6.45) is 0. The first-order valence-electron chi connectivity index (χ1n) is 6.97. The van der Waals surface area contributed by atoms with Crippen LogP contribution in [0.1, 0.15) is 12.5 Å². The number of methoxy groups -OCH3 is 1. The van der Waals surface area contributed by atoms with E-state index in [4.69, 9.17) is 15.2 Å². The number of hydrogen-bond acceptors (Lipinski definition) is 4. The number of halogens is 3. The normalized spacial score (nSPS) is 13.5. The molecule has 1 aromatic carbocycles. The van der Waals surface area contributed by atoms with Crippen molar-refractivity contribution in [1.29, 1.82) is 0 Å². The Bertz CT molecular complexity index is 597. The minimum Gasteiger partial charge on any atom is -0.398 e. The molecule has 0 unspecified atom stereocenters. The third-order valence-corrected chi connectivity index (χ3v) is 2.92. The van der Waals surface area contributed by atoms with Crippen molar-refractivity contribution in [3.05, 3.63) is 52.6 Å². The second-order valence-corrected chi connectivity index (χ2v) is 4.90. The highest BCUT2D eigenvalue weighted by Gasteiger charge is 2.16. The van der Waals surface area contributed by atoms with Gasteiger partial charge in [-0.15, -0.1) is 0 Å². The van der Waals surface area contributed by atoms with Crippen LogP contribution in [0.4, 0.5) is 18.9 Å². The van der Waals surface area contributed by atoms with Gasteiger partial charge in [0.2, 0.25) is 0 Å². The predicted molar refractivity (Wildman–Crippen MR) is 83.6 cm³/mol. The summed E-state index contributed by atoms with van der Waals surface area (Å²) in [5.74, 6) is -2.86. The van der Waals surface area contributed by atoms with Crippen LogP contribution < -0.4 is 11.1 Å². The first-order valence-corrected chi connectivity index (χ1v) is 6.97. The second kappa shape index (κ2) is 9.22. The van der Waals surface area contributed by atoms with Crippen molar-refractivity contribution in [3.63, 3.8) is 0 Å². The summed E-state index contributed by atoms with van der Waals surface area (Å²) in [4.78, 5) is 0. The number of ether oxygens (including phenoxy) is 2. The topological polar surface area (TPSA) is 56.5 Å². The first-order chi connectivity index (χ1) is 10.9. The molecule has 0 aromatic heterocycles. The third-order valence-electron chi connectivity index (χ3n) is 2.92. The quantitative estimate of drug-likeness (QED) is 0.565. The maximum atomic E-state index is 14.0. The molecule has 0 aliphatic heterocycles. The van der Waals surface area contributed by atoms with Crippen molar-refractivity contribution in [1.82, 2.24) is 0 Å². The highest BCUT2D eigenvalue weighted by molar-refractivity contribution is 5.55.